The van der Waals surface area contributed by atoms with Crippen LogP contribution in [0.1, 0.15) is 31.9 Å². The Morgan fingerprint density at radius 1 is 0.963 bits per heavy atom. The van der Waals surface area contributed by atoms with E-state index in [9.17, 15) is 9.59 Å². The van der Waals surface area contributed by atoms with Crippen LogP contribution in [0.3, 0.4) is 0 Å². The van der Waals surface area contributed by atoms with Gasteiger partial charge in [-0.25, -0.2) is 0 Å². The first kappa shape index (κ1) is 20.6. The van der Waals surface area contributed by atoms with E-state index < -0.39 is 6.04 Å². The van der Waals surface area contributed by atoms with Gasteiger partial charge in [0.05, 0.1) is 6.42 Å². The van der Waals surface area contributed by atoms with Crippen molar-refractivity contribution < 1.29 is 9.59 Å². The predicted octanol–water partition coefficient (Wildman–Crippen LogP) is 3.12. The Kier molecular flexibility index (Phi) is 8.01. The van der Waals surface area contributed by atoms with Gasteiger partial charge in [0, 0.05) is 12.2 Å². The van der Waals surface area contributed by atoms with Crippen LogP contribution < -0.4 is 16.0 Å². The number of amides is 2. The molecule has 0 aliphatic heterocycles. The molecule has 144 valence electrons. The molecule has 2 amide bonds. The van der Waals surface area contributed by atoms with Crippen molar-refractivity contribution in [1.29, 1.82) is 0 Å². The van der Waals surface area contributed by atoms with E-state index in [1.54, 1.807) is 0 Å². The van der Waals surface area contributed by atoms with Gasteiger partial charge in [0.2, 0.25) is 11.8 Å². The first-order chi connectivity index (χ1) is 13.0. The number of hydrogen-bond donors (Lipinski definition) is 3. The van der Waals surface area contributed by atoms with Gasteiger partial charge in [-0.2, -0.15) is 0 Å². The molecule has 0 aliphatic carbocycles. The molecule has 0 aromatic heterocycles. The SMILES string of the molecule is CCNCc1cccc(NC(=O)C(NC(=O)Cc2ccccc2)C(C)C)c1. The average Bonchev–Trinajstić information content (AvgIpc) is 2.65. The molecule has 5 nitrogen and oxygen atoms in total. The molecule has 0 saturated heterocycles. The van der Waals surface area contributed by atoms with E-state index in [-0.39, 0.29) is 24.2 Å². The lowest BCUT2D eigenvalue weighted by Gasteiger charge is -2.22. The van der Waals surface area contributed by atoms with Crippen molar-refractivity contribution in [3.63, 3.8) is 0 Å². The summed E-state index contributed by atoms with van der Waals surface area (Å²) >= 11 is 0. The fourth-order valence-electron chi connectivity index (χ4n) is 2.79. The molecule has 0 bridgehead atoms. The summed E-state index contributed by atoms with van der Waals surface area (Å²) < 4.78 is 0. The second-order valence-corrected chi connectivity index (χ2v) is 6.92. The molecule has 5 heteroatoms. The Hall–Kier alpha value is -2.66. The minimum Gasteiger partial charge on any atom is -0.344 e. The van der Waals surface area contributed by atoms with Gasteiger partial charge >= 0.3 is 0 Å². The zero-order chi connectivity index (χ0) is 19.6. The normalized spacial score (nSPS) is 11.9. The number of carbonyl (C=O) groups excluding carboxylic acids is 2. The largest absolute Gasteiger partial charge is 0.344 e. The van der Waals surface area contributed by atoms with Crippen LogP contribution in [0.25, 0.3) is 0 Å². The first-order valence-corrected chi connectivity index (χ1v) is 9.43. The van der Waals surface area contributed by atoms with Crippen LogP contribution in [0.2, 0.25) is 0 Å². The lowest BCUT2D eigenvalue weighted by Crippen LogP contribution is -2.47. The monoisotopic (exact) mass is 367 g/mol. The van der Waals surface area contributed by atoms with Gasteiger partial charge in [-0.1, -0.05) is 63.2 Å². The Bertz CT molecular complexity index is 744. The zero-order valence-corrected chi connectivity index (χ0v) is 16.3. The summed E-state index contributed by atoms with van der Waals surface area (Å²) in [6, 6.07) is 16.7. The quantitative estimate of drug-likeness (QED) is 0.638. The second kappa shape index (κ2) is 10.5. The van der Waals surface area contributed by atoms with Crippen molar-refractivity contribution in [2.75, 3.05) is 11.9 Å². The minimum absolute atomic E-state index is 0.0188. The van der Waals surface area contributed by atoms with Crippen LogP contribution in [0.4, 0.5) is 5.69 Å². The van der Waals surface area contributed by atoms with Gasteiger partial charge in [0.25, 0.3) is 0 Å². The standard InChI is InChI=1S/C22H29N3O2/c1-4-23-15-18-11-8-12-19(13-18)24-22(27)21(16(2)3)25-20(26)14-17-9-6-5-7-10-17/h5-13,16,21,23H,4,14-15H2,1-3H3,(H,24,27)(H,25,26). The lowest BCUT2D eigenvalue weighted by molar-refractivity contribution is -0.127. The van der Waals surface area contributed by atoms with Crippen LogP contribution in [-0.2, 0) is 22.6 Å². The molecule has 0 aliphatic rings. The van der Waals surface area contributed by atoms with Crippen LogP contribution in [0.15, 0.2) is 54.6 Å². The van der Waals surface area contributed by atoms with Gasteiger partial charge in [-0.05, 0) is 35.7 Å². The molecule has 0 spiro atoms. The van der Waals surface area contributed by atoms with E-state index in [2.05, 4.69) is 22.9 Å². The summed E-state index contributed by atoms with van der Waals surface area (Å²) in [6.07, 6.45) is 0.259. The highest BCUT2D eigenvalue weighted by molar-refractivity contribution is 5.97. The van der Waals surface area contributed by atoms with Crippen LogP contribution in [0, 0.1) is 5.92 Å². The van der Waals surface area contributed by atoms with Gasteiger partial charge < -0.3 is 16.0 Å². The van der Waals surface area contributed by atoms with Crippen molar-refractivity contribution in [2.24, 2.45) is 5.92 Å². The molecule has 3 N–H and O–H groups in total. The topological polar surface area (TPSA) is 70.2 Å². The van der Waals surface area contributed by atoms with E-state index in [1.165, 1.54) is 0 Å². The minimum atomic E-state index is -0.585. The molecule has 2 aromatic carbocycles. The molecule has 0 radical (unpaired) electrons. The summed E-state index contributed by atoms with van der Waals surface area (Å²) in [4.78, 5) is 25.1. The van der Waals surface area contributed by atoms with Crippen molar-refractivity contribution in [2.45, 2.75) is 39.8 Å². The average molecular weight is 367 g/mol. The summed E-state index contributed by atoms with van der Waals surface area (Å²) in [6.45, 7) is 7.54. The number of rotatable bonds is 9. The Morgan fingerprint density at radius 3 is 2.33 bits per heavy atom. The van der Waals surface area contributed by atoms with Crippen molar-refractivity contribution in [1.82, 2.24) is 10.6 Å². The molecule has 2 rings (SSSR count). The van der Waals surface area contributed by atoms with E-state index in [1.807, 2.05) is 68.4 Å². The maximum absolute atomic E-state index is 12.7. The van der Waals surface area contributed by atoms with Crippen molar-refractivity contribution >= 4 is 17.5 Å². The third-order valence-corrected chi connectivity index (χ3v) is 4.25. The Labute approximate surface area is 161 Å². The Balaban J connectivity index is 1.99. The van der Waals surface area contributed by atoms with E-state index >= 15 is 0 Å². The summed E-state index contributed by atoms with van der Waals surface area (Å²) in [7, 11) is 0. The van der Waals surface area contributed by atoms with Crippen LogP contribution in [0.5, 0.6) is 0 Å². The van der Waals surface area contributed by atoms with Crippen LogP contribution in [-0.4, -0.2) is 24.4 Å². The molecule has 0 heterocycles. The molecule has 1 atom stereocenters. The molecule has 27 heavy (non-hydrogen) atoms. The third kappa shape index (κ3) is 6.87. The van der Waals surface area contributed by atoms with E-state index in [4.69, 9.17) is 0 Å². The molecule has 0 saturated carbocycles. The Morgan fingerprint density at radius 2 is 1.67 bits per heavy atom. The molecular formula is C22H29N3O2. The molecule has 2 aromatic rings. The number of anilines is 1. The van der Waals surface area contributed by atoms with E-state index in [0.717, 1.165) is 29.9 Å². The van der Waals surface area contributed by atoms with Gasteiger partial charge in [-0.15, -0.1) is 0 Å². The fraction of sp³-hybridized carbons (Fsp3) is 0.364. The number of nitrogens with one attached hydrogen (secondary N) is 3. The highest BCUT2D eigenvalue weighted by Gasteiger charge is 2.24. The smallest absolute Gasteiger partial charge is 0.247 e. The summed E-state index contributed by atoms with van der Waals surface area (Å²) in [5.74, 6) is -0.377. The first-order valence-electron chi connectivity index (χ1n) is 9.43. The van der Waals surface area contributed by atoms with Gasteiger partial charge in [-0.3, -0.25) is 9.59 Å². The van der Waals surface area contributed by atoms with Gasteiger partial charge in [0.15, 0.2) is 0 Å². The van der Waals surface area contributed by atoms with Crippen molar-refractivity contribution in [3.8, 4) is 0 Å². The maximum Gasteiger partial charge on any atom is 0.247 e. The maximum atomic E-state index is 12.7. The van der Waals surface area contributed by atoms with Crippen LogP contribution >= 0.6 is 0 Å². The fourth-order valence-corrected chi connectivity index (χ4v) is 2.79. The molecule has 0 fully saturated rings. The number of benzene rings is 2. The van der Waals surface area contributed by atoms with E-state index in [0.29, 0.717) is 0 Å². The van der Waals surface area contributed by atoms with Gasteiger partial charge in [0.1, 0.15) is 6.04 Å². The zero-order valence-electron chi connectivity index (χ0n) is 16.3. The second-order valence-electron chi connectivity index (χ2n) is 6.92. The highest BCUT2D eigenvalue weighted by Crippen LogP contribution is 2.13. The highest BCUT2D eigenvalue weighted by atomic mass is 16.2. The third-order valence-electron chi connectivity index (χ3n) is 4.25. The summed E-state index contributed by atoms with van der Waals surface area (Å²) in [5.41, 5.74) is 2.76. The number of hydrogen-bond acceptors (Lipinski definition) is 3. The molecular weight excluding hydrogens is 338 g/mol. The summed E-state index contributed by atoms with van der Waals surface area (Å²) in [5, 5.41) is 9.06. The van der Waals surface area contributed by atoms with Crippen molar-refractivity contribution in [3.05, 3.63) is 65.7 Å². The molecule has 1 unspecified atom stereocenters. The number of carbonyl (C=O) groups is 2. The lowest BCUT2D eigenvalue weighted by atomic mass is 10.0. The predicted molar refractivity (Wildman–Crippen MR) is 109 cm³/mol.